The van der Waals surface area contributed by atoms with Gasteiger partial charge >= 0.3 is 0 Å². The van der Waals surface area contributed by atoms with Crippen LogP contribution in [0.1, 0.15) is 25.5 Å². The summed E-state index contributed by atoms with van der Waals surface area (Å²) in [5.74, 6) is -0.216. The van der Waals surface area contributed by atoms with Gasteiger partial charge in [0.2, 0.25) is 15.9 Å². The summed E-state index contributed by atoms with van der Waals surface area (Å²) in [6.07, 6.45) is 1.30. The Labute approximate surface area is 153 Å². The highest BCUT2D eigenvalue weighted by molar-refractivity contribution is 7.89. The van der Waals surface area contributed by atoms with E-state index in [9.17, 15) is 18.0 Å². The minimum absolute atomic E-state index is 0.0511. The number of benzene rings is 1. The number of sulfonamides is 1. The first-order valence-corrected chi connectivity index (χ1v) is 9.82. The Morgan fingerprint density at radius 2 is 1.77 bits per heavy atom. The number of carbonyl (C=O) groups excluding carboxylic acids is 1. The zero-order valence-electron chi connectivity index (χ0n) is 14.9. The van der Waals surface area contributed by atoms with Gasteiger partial charge < -0.3 is 9.88 Å². The molecule has 2 aromatic rings. The molecule has 0 saturated carbocycles. The fraction of sp³-hybridized carbons (Fsp3) is 0.333. The summed E-state index contributed by atoms with van der Waals surface area (Å²) in [6, 6.07) is 11.1. The van der Waals surface area contributed by atoms with Crippen molar-refractivity contribution in [1.29, 1.82) is 0 Å². The molecule has 26 heavy (non-hydrogen) atoms. The second-order valence-electron chi connectivity index (χ2n) is 5.97. The van der Waals surface area contributed by atoms with Crippen molar-refractivity contribution in [3.05, 3.63) is 58.5 Å². The van der Waals surface area contributed by atoms with Gasteiger partial charge in [-0.05, 0) is 50.1 Å². The zero-order chi connectivity index (χ0) is 19.2. The summed E-state index contributed by atoms with van der Waals surface area (Å²) in [7, 11) is -3.60. The molecular formula is C18H23N3O4S. The number of amides is 1. The topological polar surface area (TPSA) is 97.3 Å². The molecule has 0 unspecified atom stereocenters. The summed E-state index contributed by atoms with van der Waals surface area (Å²) < 4.78 is 28.7. The molecule has 2 N–H and O–H groups in total. The van der Waals surface area contributed by atoms with Crippen molar-refractivity contribution >= 4 is 21.6 Å². The molecule has 0 atom stereocenters. The lowest BCUT2D eigenvalue weighted by molar-refractivity contribution is -0.114. The molecule has 8 heteroatoms. The number of unbranched alkanes of at least 4 members (excludes halogenated alkanes) is 1. The molecule has 1 aromatic heterocycles. The van der Waals surface area contributed by atoms with Gasteiger partial charge in [0.25, 0.3) is 5.56 Å². The van der Waals surface area contributed by atoms with E-state index in [0.717, 1.165) is 5.69 Å². The SMILES string of the molecule is CC(=O)Nc1ccc(S(=O)(=O)NCCCCn2c(C)cccc2=O)cc1. The van der Waals surface area contributed by atoms with E-state index in [1.54, 1.807) is 22.8 Å². The molecule has 0 fully saturated rings. The van der Waals surface area contributed by atoms with Crippen LogP contribution in [0.2, 0.25) is 0 Å². The maximum Gasteiger partial charge on any atom is 0.250 e. The highest BCUT2D eigenvalue weighted by Gasteiger charge is 2.13. The van der Waals surface area contributed by atoms with E-state index >= 15 is 0 Å². The molecule has 140 valence electrons. The van der Waals surface area contributed by atoms with Crippen LogP contribution in [0.3, 0.4) is 0 Å². The third-order valence-corrected chi connectivity index (χ3v) is 5.33. The molecule has 0 spiro atoms. The van der Waals surface area contributed by atoms with Crippen LogP contribution in [0.15, 0.2) is 52.2 Å². The van der Waals surface area contributed by atoms with E-state index in [2.05, 4.69) is 10.0 Å². The first-order valence-electron chi connectivity index (χ1n) is 8.33. The fourth-order valence-electron chi connectivity index (χ4n) is 2.52. The monoisotopic (exact) mass is 377 g/mol. The molecule has 0 saturated heterocycles. The summed E-state index contributed by atoms with van der Waals surface area (Å²) in [5.41, 5.74) is 1.38. The fourth-order valence-corrected chi connectivity index (χ4v) is 3.59. The van der Waals surface area contributed by atoms with Gasteiger partial charge in [0.05, 0.1) is 4.90 Å². The van der Waals surface area contributed by atoms with Gasteiger partial charge in [-0.2, -0.15) is 0 Å². The molecule has 0 aliphatic carbocycles. The van der Waals surface area contributed by atoms with E-state index in [-0.39, 0.29) is 22.9 Å². The summed E-state index contributed by atoms with van der Waals surface area (Å²) in [5, 5.41) is 2.59. The average molecular weight is 377 g/mol. The molecule has 0 aliphatic heterocycles. The number of nitrogens with zero attached hydrogens (tertiary/aromatic N) is 1. The summed E-state index contributed by atoms with van der Waals surface area (Å²) in [4.78, 5) is 22.9. The second kappa shape index (κ2) is 8.77. The smallest absolute Gasteiger partial charge is 0.250 e. The van der Waals surface area contributed by atoms with E-state index in [4.69, 9.17) is 0 Å². The quantitative estimate of drug-likeness (QED) is 0.686. The molecule has 0 radical (unpaired) electrons. The lowest BCUT2D eigenvalue weighted by Crippen LogP contribution is -2.26. The van der Waals surface area contributed by atoms with E-state index < -0.39 is 10.0 Å². The first kappa shape index (κ1) is 19.9. The van der Waals surface area contributed by atoms with Crippen molar-refractivity contribution in [3.8, 4) is 0 Å². The normalized spacial score (nSPS) is 11.3. The third kappa shape index (κ3) is 5.53. The van der Waals surface area contributed by atoms with E-state index in [1.807, 2.05) is 13.0 Å². The Morgan fingerprint density at radius 3 is 2.38 bits per heavy atom. The Balaban J connectivity index is 1.84. The van der Waals surface area contributed by atoms with Crippen molar-refractivity contribution in [1.82, 2.24) is 9.29 Å². The molecule has 1 amide bonds. The molecule has 1 aromatic carbocycles. The Bertz CT molecular complexity index is 918. The van der Waals surface area contributed by atoms with Crippen LogP contribution in [0.4, 0.5) is 5.69 Å². The zero-order valence-corrected chi connectivity index (χ0v) is 15.7. The summed E-state index contributed by atoms with van der Waals surface area (Å²) in [6.45, 7) is 4.10. The highest BCUT2D eigenvalue weighted by Crippen LogP contribution is 2.14. The Kier molecular flexibility index (Phi) is 6.70. The lowest BCUT2D eigenvalue weighted by atomic mass is 10.3. The predicted molar refractivity (Wildman–Crippen MR) is 101 cm³/mol. The van der Waals surface area contributed by atoms with Crippen molar-refractivity contribution in [2.45, 2.75) is 38.1 Å². The van der Waals surface area contributed by atoms with Crippen LogP contribution in [0, 0.1) is 6.92 Å². The molecule has 0 bridgehead atoms. The van der Waals surface area contributed by atoms with Crippen LogP contribution in [-0.2, 0) is 21.4 Å². The third-order valence-electron chi connectivity index (χ3n) is 3.85. The Morgan fingerprint density at radius 1 is 1.08 bits per heavy atom. The predicted octanol–water partition coefficient (Wildman–Crippen LogP) is 1.87. The van der Waals surface area contributed by atoms with E-state index in [0.29, 0.717) is 25.1 Å². The van der Waals surface area contributed by atoms with Gasteiger partial charge in [0.15, 0.2) is 0 Å². The van der Waals surface area contributed by atoms with Crippen LogP contribution in [0.25, 0.3) is 0 Å². The Hall–Kier alpha value is -2.45. The molecular weight excluding hydrogens is 354 g/mol. The maximum absolute atomic E-state index is 12.3. The van der Waals surface area contributed by atoms with Gasteiger partial charge in [0, 0.05) is 37.5 Å². The molecule has 7 nitrogen and oxygen atoms in total. The minimum Gasteiger partial charge on any atom is -0.326 e. The number of pyridine rings is 1. The number of carbonyl (C=O) groups is 1. The van der Waals surface area contributed by atoms with Gasteiger partial charge in [0.1, 0.15) is 0 Å². The number of hydrogen-bond acceptors (Lipinski definition) is 4. The van der Waals surface area contributed by atoms with Gasteiger partial charge in [-0.25, -0.2) is 13.1 Å². The van der Waals surface area contributed by atoms with Gasteiger partial charge in [-0.3, -0.25) is 9.59 Å². The largest absolute Gasteiger partial charge is 0.326 e. The number of hydrogen-bond donors (Lipinski definition) is 2. The molecule has 1 heterocycles. The highest BCUT2D eigenvalue weighted by atomic mass is 32.2. The first-order chi connectivity index (χ1) is 12.3. The number of anilines is 1. The van der Waals surface area contributed by atoms with Crippen LogP contribution in [0.5, 0.6) is 0 Å². The minimum atomic E-state index is -3.60. The van der Waals surface area contributed by atoms with Crippen LogP contribution in [-0.4, -0.2) is 25.4 Å². The number of aromatic nitrogens is 1. The van der Waals surface area contributed by atoms with Gasteiger partial charge in [-0.1, -0.05) is 6.07 Å². The summed E-state index contributed by atoms with van der Waals surface area (Å²) >= 11 is 0. The maximum atomic E-state index is 12.3. The second-order valence-corrected chi connectivity index (χ2v) is 7.73. The molecule has 2 rings (SSSR count). The number of aryl methyl sites for hydroxylation is 1. The van der Waals surface area contributed by atoms with Crippen molar-refractivity contribution < 1.29 is 13.2 Å². The van der Waals surface area contributed by atoms with Crippen LogP contribution < -0.4 is 15.6 Å². The van der Waals surface area contributed by atoms with E-state index in [1.165, 1.54) is 25.1 Å². The number of nitrogens with one attached hydrogen (secondary N) is 2. The molecule has 0 aliphatic rings. The standard InChI is InChI=1S/C18H23N3O4S/c1-14-6-5-7-18(23)21(14)13-4-3-12-19-26(24,25)17-10-8-16(9-11-17)20-15(2)22/h5-11,19H,3-4,12-13H2,1-2H3,(H,20,22). The lowest BCUT2D eigenvalue weighted by Gasteiger charge is -2.10. The average Bonchev–Trinajstić information content (AvgIpc) is 2.57. The van der Waals surface area contributed by atoms with Crippen molar-refractivity contribution in [3.63, 3.8) is 0 Å². The van der Waals surface area contributed by atoms with Crippen molar-refractivity contribution in [2.24, 2.45) is 0 Å². The van der Waals surface area contributed by atoms with Crippen LogP contribution >= 0.6 is 0 Å². The van der Waals surface area contributed by atoms with Crippen molar-refractivity contribution in [2.75, 3.05) is 11.9 Å². The van der Waals surface area contributed by atoms with Gasteiger partial charge in [-0.15, -0.1) is 0 Å². The number of rotatable bonds is 8.